The first-order chi connectivity index (χ1) is 6.72. The van der Waals surface area contributed by atoms with Gasteiger partial charge in [-0.2, -0.15) is 0 Å². The van der Waals surface area contributed by atoms with Crippen molar-refractivity contribution in [1.29, 1.82) is 0 Å². The van der Waals surface area contributed by atoms with Crippen molar-refractivity contribution in [3.8, 4) is 24.7 Å². The molecule has 4 nitrogen and oxygen atoms in total. The van der Waals surface area contributed by atoms with E-state index < -0.39 is 11.9 Å². The molecule has 0 unspecified atom stereocenters. The largest absolute Gasteiger partial charge is 0.456 e. The molecule has 0 N–H and O–H groups in total. The van der Waals surface area contributed by atoms with Crippen LogP contribution in [0.4, 0.5) is 0 Å². The van der Waals surface area contributed by atoms with Gasteiger partial charge in [0.25, 0.3) is 0 Å². The van der Waals surface area contributed by atoms with Gasteiger partial charge in [0, 0.05) is 12.8 Å². The second-order valence-electron chi connectivity index (χ2n) is 2.18. The van der Waals surface area contributed by atoms with Crippen LogP contribution in [-0.2, 0) is 19.1 Å². The van der Waals surface area contributed by atoms with Crippen molar-refractivity contribution < 1.29 is 19.1 Å². The molecule has 0 aliphatic heterocycles. The Kier molecular flexibility index (Phi) is 6.63. The van der Waals surface area contributed by atoms with E-state index in [1.165, 1.54) is 0 Å². The molecule has 0 atom stereocenters. The van der Waals surface area contributed by atoms with E-state index in [1.54, 1.807) is 0 Å². The van der Waals surface area contributed by atoms with Gasteiger partial charge < -0.3 is 9.47 Å². The second-order valence-corrected chi connectivity index (χ2v) is 2.18. The molecule has 0 aromatic rings. The molecule has 0 amide bonds. The average molecular weight is 194 g/mol. The molecule has 0 aromatic heterocycles. The molecule has 74 valence electrons. The number of ether oxygens (including phenoxy) is 2. The number of hydrogen-bond donors (Lipinski definition) is 0. The van der Waals surface area contributed by atoms with Gasteiger partial charge in [-0.05, 0) is 0 Å². The summed E-state index contributed by atoms with van der Waals surface area (Å²) in [5.74, 6) is 2.43. The second kappa shape index (κ2) is 7.70. The number of esters is 2. The van der Waals surface area contributed by atoms with Crippen LogP contribution >= 0.6 is 0 Å². The lowest BCUT2D eigenvalue weighted by Gasteiger charge is -2.02. The zero-order valence-electron chi connectivity index (χ0n) is 7.62. The first-order valence-electron chi connectivity index (χ1n) is 3.93. The number of terminal acetylenes is 2. The summed E-state index contributed by atoms with van der Waals surface area (Å²) in [6.45, 7) is 0.0269. The lowest BCUT2D eigenvalue weighted by Crippen LogP contribution is -2.21. The molecule has 4 heteroatoms. The van der Waals surface area contributed by atoms with Gasteiger partial charge in [-0.1, -0.05) is 0 Å². The number of rotatable bonds is 4. The summed E-state index contributed by atoms with van der Waals surface area (Å²) in [4.78, 5) is 21.6. The lowest BCUT2D eigenvalue weighted by molar-refractivity contribution is -0.167. The quantitative estimate of drug-likeness (QED) is 0.276. The summed E-state index contributed by atoms with van der Waals surface area (Å²) in [5, 5.41) is 0. The summed E-state index contributed by atoms with van der Waals surface area (Å²) < 4.78 is 8.93. The van der Waals surface area contributed by atoms with Gasteiger partial charge in [0.2, 0.25) is 0 Å². The molecule has 0 spiro atoms. The first kappa shape index (κ1) is 12.1. The number of hydrogen-bond acceptors (Lipinski definition) is 4. The summed E-state index contributed by atoms with van der Waals surface area (Å²) >= 11 is 0. The predicted molar refractivity (Wildman–Crippen MR) is 48.8 cm³/mol. The van der Waals surface area contributed by atoms with Crippen LogP contribution in [0, 0.1) is 24.7 Å². The fraction of sp³-hybridized carbons (Fsp3) is 0.400. The Morgan fingerprint density at radius 1 is 0.929 bits per heavy atom. The van der Waals surface area contributed by atoms with Crippen LogP contribution in [0.25, 0.3) is 0 Å². The SMILES string of the molecule is C#CCCOC(=O)C(=O)OCCC#C. The Morgan fingerprint density at radius 3 is 1.57 bits per heavy atom. The summed E-state index contributed by atoms with van der Waals surface area (Å²) in [6.07, 6.45) is 10.4. The Labute approximate surface area is 82.6 Å². The zero-order valence-corrected chi connectivity index (χ0v) is 7.62. The van der Waals surface area contributed by atoms with E-state index in [4.69, 9.17) is 12.8 Å². The van der Waals surface area contributed by atoms with E-state index in [-0.39, 0.29) is 26.1 Å². The Morgan fingerprint density at radius 2 is 1.29 bits per heavy atom. The number of carbonyl (C=O) groups is 2. The highest BCUT2D eigenvalue weighted by Gasteiger charge is 2.16. The molecule has 0 bridgehead atoms. The Bertz CT molecular complexity index is 249. The minimum Gasteiger partial charge on any atom is -0.456 e. The molecule has 0 heterocycles. The van der Waals surface area contributed by atoms with Crippen LogP contribution in [0.5, 0.6) is 0 Å². The lowest BCUT2D eigenvalue weighted by atomic mass is 10.5. The van der Waals surface area contributed by atoms with Crippen LogP contribution in [0.2, 0.25) is 0 Å². The highest BCUT2D eigenvalue weighted by atomic mass is 16.6. The minimum absolute atomic E-state index is 0.0135. The van der Waals surface area contributed by atoms with Crippen molar-refractivity contribution in [2.45, 2.75) is 12.8 Å². The molecule has 0 rings (SSSR count). The van der Waals surface area contributed by atoms with Crippen molar-refractivity contribution in [1.82, 2.24) is 0 Å². The van der Waals surface area contributed by atoms with Crippen molar-refractivity contribution in [2.75, 3.05) is 13.2 Å². The van der Waals surface area contributed by atoms with Crippen LogP contribution in [0.3, 0.4) is 0 Å². The molecule has 0 aliphatic carbocycles. The Hall–Kier alpha value is -1.94. The van der Waals surface area contributed by atoms with E-state index in [0.29, 0.717) is 0 Å². The molecule has 0 aromatic carbocycles. The maximum atomic E-state index is 10.8. The molecule has 0 aliphatic rings. The molecule has 0 saturated carbocycles. The van der Waals surface area contributed by atoms with Crippen LogP contribution in [0.1, 0.15) is 12.8 Å². The maximum Gasteiger partial charge on any atom is 0.417 e. The fourth-order valence-corrected chi connectivity index (χ4v) is 0.523. The van der Waals surface area contributed by atoms with Gasteiger partial charge in [0.15, 0.2) is 0 Å². The standard InChI is InChI=1S/C10H10O4/c1-3-5-7-13-9(11)10(12)14-8-6-4-2/h1-2H,5-8H2. The summed E-state index contributed by atoms with van der Waals surface area (Å²) in [5.41, 5.74) is 0. The van der Waals surface area contributed by atoms with Gasteiger partial charge in [0.1, 0.15) is 13.2 Å². The maximum absolute atomic E-state index is 10.8. The van der Waals surface area contributed by atoms with Crippen LogP contribution < -0.4 is 0 Å². The number of carbonyl (C=O) groups excluding carboxylic acids is 2. The molecule has 0 radical (unpaired) electrons. The van der Waals surface area contributed by atoms with Crippen molar-refractivity contribution in [3.05, 3.63) is 0 Å². The van der Waals surface area contributed by atoms with Crippen molar-refractivity contribution in [2.24, 2.45) is 0 Å². The third kappa shape index (κ3) is 5.68. The molecular formula is C10H10O4. The van der Waals surface area contributed by atoms with Crippen molar-refractivity contribution >= 4 is 11.9 Å². The highest BCUT2D eigenvalue weighted by Crippen LogP contribution is 1.88. The van der Waals surface area contributed by atoms with E-state index in [1.807, 2.05) is 0 Å². The van der Waals surface area contributed by atoms with Gasteiger partial charge in [-0.3, -0.25) is 0 Å². The van der Waals surface area contributed by atoms with Crippen LogP contribution in [0.15, 0.2) is 0 Å². The molecule has 14 heavy (non-hydrogen) atoms. The van der Waals surface area contributed by atoms with Crippen molar-refractivity contribution in [3.63, 3.8) is 0 Å². The van der Waals surface area contributed by atoms with E-state index in [0.717, 1.165) is 0 Å². The Balaban J connectivity index is 3.62. The van der Waals surface area contributed by atoms with Gasteiger partial charge in [0.05, 0.1) is 0 Å². The van der Waals surface area contributed by atoms with Gasteiger partial charge in [-0.25, -0.2) is 9.59 Å². The van der Waals surface area contributed by atoms with E-state index in [9.17, 15) is 9.59 Å². The monoisotopic (exact) mass is 194 g/mol. The van der Waals surface area contributed by atoms with Gasteiger partial charge in [-0.15, -0.1) is 24.7 Å². The van der Waals surface area contributed by atoms with Gasteiger partial charge >= 0.3 is 11.9 Å². The topological polar surface area (TPSA) is 52.6 Å². The normalized spacial score (nSPS) is 8.14. The molecular weight excluding hydrogens is 184 g/mol. The molecule has 0 saturated heterocycles. The average Bonchev–Trinajstić information content (AvgIpc) is 2.18. The summed E-state index contributed by atoms with van der Waals surface area (Å²) in [7, 11) is 0. The highest BCUT2D eigenvalue weighted by molar-refractivity contribution is 6.29. The fourth-order valence-electron chi connectivity index (χ4n) is 0.523. The van der Waals surface area contributed by atoms with E-state index in [2.05, 4.69) is 21.3 Å². The zero-order chi connectivity index (χ0) is 10.8. The third-order valence-electron chi connectivity index (χ3n) is 1.13. The minimum atomic E-state index is -1.04. The van der Waals surface area contributed by atoms with Crippen LogP contribution in [-0.4, -0.2) is 25.2 Å². The third-order valence-corrected chi connectivity index (χ3v) is 1.13. The van der Waals surface area contributed by atoms with E-state index >= 15 is 0 Å². The smallest absolute Gasteiger partial charge is 0.417 e. The summed E-state index contributed by atoms with van der Waals surface area (Å²) in [6, 6.07) is 0. The predicted octanol–water partition coefficient (Wildman–Crippen LogP) is 0.119. The first-order valence-corrected chi connectivity index (χ1v) is 3.93. The molecule has 0 fully saturated rings.